The summed E-state index contributed by atoms with van der Waals surface area (Å²) in [5, 5.41) is 11.3. The third-order valence-corrected chi connectivity index (χ3v) is 4.17. The molecule has 0 spiro atoms. The Bertz CT molecular complexity index is 463. The molecule has 2 fully saturated rings. The van der Waals surface area contributed by atoms with Crippen molar-refractivity contribution in [2.45, 2.75) is 18.9 Å². The molecule has 110 valence electrons. The summed E-state index contributed by atoms with van der Waals surface area (Å²) in [5.41, 5.74) is 0.460. The van der Waals surface area contributed by atoms with Crippen LogP contribution in [0.1, 0.15) is 29.4 Å². The summed E-state index contributed by atoms with van der Waals surface area (Å²) in [4.78, 5) is 14.2. The summed E-state index contributed by atoms with van der Waals surface area (Å²) in [6, 6.07) is 0.344. The Labute approximate surface area is 118 Å². The molecule has 3 heterocycles. The number of ether oxygens (including phenoxy) is 1. The number of amides is 1. The number of carbonyl (C=O) groups excluding carboxylic acids is 1. The van der Waals surface area contributed by atoms with E-state index in [9.17, 15) is 4.79 Å². The first kappa shape index (κ1) is 13.5. The van der Waals surface area contributed by atoms with E-state index in [4.69, 9.17) is 4.74 Å². The van der Waals surface area contributed by atoms with E-state index < -0.39 is 0 Å². The minimum atomic E-state index is -0.000556. The highest BCUT2D eigenvalue weighted by molar-refractivity contribution is 5.92. The molecule has 1 aromatic heterocycles. The number of rotatable bonds is 4. The predicted molar refractivity (Wildman–Crippen MR) is 72.4 cm³/mol. The van der Waals surface area contributed by atoms with E-state index in [1.54, 1.807) is 18.0 Å². The maximum absolute atomic E-state index is 12.4. The van der Waals surface area contributed by atoms with Gasteiger partial charge >= 0.3 is 0 Å². The van der Waals surface area contributed by atoms with Gasteiger partial charge in [-0.05, 0) is 18.8 Å². The van der Waals surface area contributed by atoms with Gasteiger partial charge in [-0.3, -0.25) is 4.79 Å². The van der Waals surface area contributed by atoms with Crippen LogP contribution in [0.5, 0.6) is 0 Å². The molecule has 0 aliphatic carbocycles. The van der Waals surface area contributed by atoms with Crippen LogP contribution in [0.3, 0.4) is 0 Å². The van der Waals surface area contributed by atoms with E-state index in [-0.39, 0.29) is 5.91 Å². The summed E-state index contributed by atoms with van der Waals surface area (Å²) < 4.78 is 6.97. The second kappa shape index (κ2) is 5.88. The molecule has 2 aliphatic rings. The normalized spacial score (nSPS) is 20.9. The molecule has 20 heavy (non-hydrogen) atoms. The molecule has 0 aromatic carbocycles. The number of piperidine rings is 1. The fraction of sp³-hybridized carbons (Fsp3) is 0.769. The van der Waals surface area contributed by atoms with Crippen LogP contribution in [0.25, 0.3) is 0 Å². The molecule has 0 atom stereocenters. The van der Waals surface area contributed by atoms with E-state index in [1.165, 1.54) is 0 Å². The van der Waals surface area contributed by atoms with Crippen LogP contribution in [0, 0.1) is 5.92 Å². The van der Waals surface area contributed by atoms with Crippen LogP contribution in [0.15, 0.2) is 6.20 Å². The second-order valence-electron chi connectivity index (χ2n) is 5.59. The lowest BCUT2D eigenvalue weighted by Gasteiger charge is -2.31. The minimum absolute atomic E-state index is 0.000556. The van der Waals surface area contributed by atoms with Crippen molar-refractivity contribution in [1.82, 2.24) is 25.2 Å². The van der Waals surface area contributed by atoms with Gasteiger partial charge in [0.05, 0.1) is 12.2 Å². The van der Waals surface area contributed by atoms with Crippen molar-refractivity contribution in [2.24, 2.45) is 5.92 Å². The van der Waals surface area contributed by atoms with E-state index in [0.29, 0.717) is 17.7 Å². The van der Waals surface area contributed by atoms with Crippen LogP contribution in [0.2, 0.25) is 0 Å². The van der Waals surface area contributed by atoms with E-state index >= 15 is 0 Å². The molecular weight excluding hydrogens is 258 g/mol. The van der Waals surface area contributed by atoms with Gasteiger partial charge in [0, 0.05) is 39.9 Å². The predicted octanol–water partition coefficient (Wildman–Crippen LogP) is -0.0790. The molecule has 7 heteroatoms. The number of nitrogens with zero attached hydrogens (tertiary/aromatic N) is 4. The summed E-state index contributed by atoms with van der Waals surface area (Å²) in [5.74, 6) is 0.570. The van der Waals surface area contributed by atoms with Crippen molar-refractivity contribution < 1.29 is 9.53 Å². The summed E-state index contributed by atoms with van der Waals surface area (Å²) in [6.45, 7) is 4.15. The average Bonchev–Trinajstić information content (AvgIpc) is 2.86. The average molecular weight is 279 g/mol. The number of nitrogens with one attached hydrogen (secondary N) is 1. The van der Waals surface area contributed by atoms with E-state index in [1.807, 2.05) is 4.90 Å². The number of hydrogen-bond donors (Lipinski definition) is 1. The standard InChI is InChI=1S/C13H21N5O2/c1-20-9-10-2-4-17(5-3-10)13(19)12-8-18(16-15-12)11-6-14-7-11/h8,10-11,14H,2-7,9H2,1H3. The molecule has 1 aromatic rings. The zero-order valence-corrected chi connectivity index (χ0v) is 11.8. The summed E-state index contributed by atoms with van der Waals surface area (Å²) in [6.07, 6.45) is 3.77. The Morgan fingerprint density at radius 3 is 2.80 bits per heavy atom. The summed E-state index contributed by atoms with van der Waals surface area (Å²) >= 11 is 0. The Morgan fingerprint density at radius 2 is 2.20 bits per heavy atom. The van der Waals surface area contributed by atoms with Crippen molar-refractivity contribution in [3.63, 3.8) is 0 Å². The Hall–Kier alpha value is -1.47. The highest BCUT2D eigenvalue weighted by atomic mass is 16.5. The summed E-state index contributed by atoms with van der Waals surface area (Å²) in [7, 11) is 1.73. The molecule has 2 aliphatic heterocycles. The fourth-order valence-electron chi connectivity index (χ4n) is 2.71. The lowest BCUT2D eigenvalue weighted by Crippen LogP contribution is -2.43. The third kappa shape index (κ3) is 2.69. The maximum atomic E-state index is 12.4. The van der Waals surface area contributed by atoms with E-state index in [2.05, 4.69) is 15.6 Å². The van der Waals surface area contributed by atoms with Crippen molar-refractivity contribution in [3.8, 4) is 0 Å². The zero-order valence-electron chi connectivity index (χ0n) is 11.8. The number of carbonyl (C=O) groups is 1. The van der Waals surface area contributed by atoms with Gasteiger partial charge in [-0.1, -0.05) is 5.21 Å². The quantitative estimate of drug-likeness (QED) is 0.834. The number of likely N-dealkylation sites (tertiary alicyclic amines) is 1. The molecule has 1 amide bonds. The van der Waals surface area contributed by atoms with Crippen LogP contribution in [-0.2, 0) is 4.74 Å². The Kier molecular flexibility index (Phi) is 3.98. The van der Waals surface area contributed by atoms with Gasteiger partial charge < -0.3 is 15.0 Å². The molecule has 0 saturated carbocycles. The maximum Gasteiger partial charge on any atom is 0.276 e. The highest BCUT2D eigenvalue weighted by Crippen LogP contribution is 2.19. The van der Waals surface area contributed by atoms with E-state index in [0.717, 1.165) is 45.6 Å². The van der Waals surface area contributed by atoms with Gasteiger partial charge in [-0.2, -0.15) is 0 Å². The lowest BCUT2D eigenvalue weighted by atomic mass is 9.97. The van der Waals surface area contributed by atoms with Gasteiger partial charge in [0.25, 0.3) is 5.91 Å². The smallest absolute Gasteiger partial charge is 0.276 e. The van der Waals surface area contributed by atoms with Crippen molar-refractivity contribution in [1.29, 1.82) is 0 Å². The van der Waals surface area contributed by atoms with Crippen molar-refractivity contribution in [2.75, 3.05) is 39.9 Å². The molecule has 2 saturated heterocycles. The number of hydrogen-bond acceptors (Lipinski definition) is 5. The molecule has 0 unspecified atom stereocenters. The van der Waals surface area contributed by atoms with Gasteiger partial charge in [-0.25, -0.2) is 4.68 Å². The first-order valence-electron chi connectivity index (χ1n) is 7.18. The second-order valence-corrected chi connectivity index (χ2v) is 5.59. The Morgan fingerprint density at radius 1 is 1.45 bits per heavy atom. The zero-order chi connectivity index (χ0) is 13.9. The monoisotopic (exact) mass is 279 g/mol. The largest absolute Gasteiger partial charge is 0.384 e. The lowest BCUT2D eigenvalue weighted by molar-refractivity contribution is 0.0608. The molecule has 0 bridgehead atoms. The van der Waals surface area contributed by atoms with Crippen molar-refractivity contribution in [3.05, 3.63) is 11.9 Å². The molecule has 0 radical (unpaired) electrons. The van der Waals surface area contributed by atoms with Crippen LogP contribution in [0.4, 0.5) is 0 Å². The van der Waals surface area contributed by atoms with Crippen LogP contribution < -0.4 is 5.32 Å². The minimum Gasteiger partial charge on any atom is -0.384 e. The molecular formula is C13H21N5O2. The topological polar surface area (TPSA) is 72.3 Å². The van der Waals surface area contributed by atoms with Crippen LogP contribution >= 0.6 is 0 Å². The highest BCUT2D eigenvalue weighted by Gasteiger charge is 2.27. The SMILES string of the molecule is COCC1CCN(C(=O)c2cn(C3CNC3)nn2)CC1. The van der Waals surface area contributed by atoms with Gasteiger partial charge in [0.2, 0.25) is 0 Å². The first-order valence-corrected chi connectivity index (χ1v) is 7.18. The van der Waals surface area contributed by atoms with Crippen LogP contribution in [-0.4, -0.2) is 65.7 Å². The third-order valence-electron chi connectivity index (χ3n) is 4.17. The molecule has 7 nitrogen and oxygen atoms in total. The molecule has 3 rings (SSSR count). The van der Waals surface area contributed by atoms with Gasteiger partial charge in [-0.15, -0.1) is 5.10 Å². The van der Waals surface area contributed by atoms with Gasteiger partial charge in [0.15, 0.2) is 5.69 Å². The van der Waals surface area contributed by atoms with Crippen molar-refractivity contribution >= 4 is 5.91 Å². The number of methoxy groups -OCH3 is 1. The fourth-order valence-corrected chi connectivity index (χ4v) is 2.71. The van der Waals surface area contributed by atoms with Gasteiger partial charge in [0.1, 0.15) is 0 Å². The molecule has 1 N–H and O–H groups in total. The first-order chi connectivity index (χ1) is 9.78. The Balaban J connectivity index is 1.57. The number of aromatic nitrogens is 3.